The van der Waals surface area contributed by atoms with Gasteiger partial charge in [0.1, 0.15) is 0 Å². The molecule has 0 spiro atoms. The molecule has 0 aliphatic carbocycles. The van der Waals surface area contributed by atoms with Gasteiger partial charge >= 0.3 is 6.03 Å². The predicted molar refractivity (Wildman–Crippen MR) is 103 cm³/mol. The highest BCUT2D eigenvalue weighted by Gasteiger charge is 2.24. The minimum Gasteiger partial charge on any atom is -0.352 e. The first kappa shape index (κ1) is 17.3. The maximum Gasteiger partial charge on any atom is 0.321 e. The molecule has 0 unspecified atom stereocenters. The summed E-state index contributed by atoms with van der Waals surface area (Å²) in [4.78, 5) is 29.9. The molecular formula is C19H22N6O2. The smallest absolute Gasteiger partial charge is 0.321 e. The van der Waals surface area contributed by atoms with E-state index >= 15 is 0 Å². The number of aromatic nitrogens is 2. The molecule has 2 aromatic rings. The number of amides is 3. The van der Waals surface area contributed by atoms with Gasteiger partial charge in [-0.2, -0.15) is 5.10 Å². The molecule has 0 atom stereocenters. The topological polar surface area (TPSA) is 81.7 Å². The molecule has 1 fully saturated rings. The van der Waals surface area contributed by atoms with Crippen molar-refractivity contribution < 1.29 is 9.59 Å². The van der Waals surface area contributed by atoms with Gasteiger partial charge in [0.25, 0.3) is 0 Å². The van der Waals surface area contributed by atoms with Crippen molar-refractivity contribution in [3.8, 4) is 0 Å². The second-order valence-electron chi connectivity index (χ2n) is 6.75. The molecule has 0 radical (unpaired) electrons. The number of anilines is 3. The van der Waals surface area contributed by atoms with Gasteiger partial charge in [0.2, 0.25) is 5.91 Å². The van der Waals surface area contributed by atoms with E-state index in [0.29, 0.717) is 19.6 Å². The molecule has 3 heterocycles. The molecule has 1 aromatic carbocycles. The Kier molecular flexibility index (Phi) is 4.62. The van der Waals surface area contributed by atoms with Crippen molar-refractivity contribution in [2.45, 2.75) is 13.3 Å². The number of nitrogens with zero attached hydrogens (tertiary/aromatic N) is 5. The van der Waals surface area contributed by atoms with Crippen molar-refractivity contribution in [2.24, 2.45) is 0 Å². The van der Waals surface area contributed by atoms with E-state index in [1.54, 1.807) is 18.0 Å². The van der Waals surface area contributed by atoms with Crippen LogP contribution in [-0.4, -0.2) is 59.8 Å². The number of fused-ring (bicyclic) bond motifs is 1. The van der Waals surface area contributed by atoms with Crippen LogP contribution in [0.2, 0.25) is 0 Å². The van der Waals surface area contributed by atoms with Crippen LogP contribution in [0.15, 0.2) is 36.5 Å². The summed E-state index contributed by atoms with van der Waals surface area (Å²) >= 11 is 0. The highest BCUT2D eigenvalue weighted by molar-refractivity contribution is 5.95. The minimum atomic E-state index is -0.102. The summed E-state index contributed by atoms with van der Waals surface area (Å²) in [6, 6.07) is 9.42. The molecule has 1 aromatic heterocycles. The fourth-order valence-electron chi connectivity index (χ4n) is 3.61. The first-order valence-electron chi connectivity index (χ1n) is 9.11. The fraction of sp³-hybridized carbons (Fsp3) is 0.368. The maximum absolute atomic E-state index is 12.6. The number of carbonyl (C=O) groups is 2. The van der Waals surface area contributed by atoms with Crippen LogP contribution in [0.1, 0.15) is 12.5 Å². The summed E-state index contributed by atoms with van der Waals surface area (Å²) in [5, 5.41) is 11.0. The number of rotatable bonds is 2. The van der Waals surface area contributed by atoms with Crippen LogP contribution < -0.4 is 15.1 Å². The molecule has 2 aliphatic rings. The van der Waals surface area contributed by atoms with Crippen molar-refractivity contribution in [3.63, 3.8) is 0 Å². The normalized spacial score (nSPS) is 16.3. The number of nitrogens with one attached hydrogen (secondary N) is 1. The Morgan fingerprint density at radius 1 is 1.07 bits per heavy atom. The van der Waals surface area contributed by atoms with E-state index in [2.05, 4.69) is 20.4 Å². The van der Waals surface area contributed by atoms with Gasteiger partial charge in [-0.1, -0.05) is 0 Å². The van der Waals surface area contributed by atoms with E-state index < -0.39 is 0 Å². The summed E-state index contributed by atoms with van der Waals surface area (Å²) in [5.74, 6) is 0.887. The van der Waals surface area contributed by atoms with E-state index in [9.17, 15) is 9.59 Å². The molecule has 1 saturated heterocycles. The first-order valence-corrected chi connectivity index (χ1v) is 9.11. The van der Waals surface area contributed by atoms with E-state index in [0.717, 1.165) is 42.3 Å². The van der Waals surface area contributed by atoms with Crippen LogP contribution in [-0.2, 0) is 11.2 Å². The zero-order valence-corrected chi connectivity index (χ0v) is 15.3. The number of hydrogen-bond donors (Lipinski definition) is 1. The van der Waals surface area contributed by atoms with Gasteiger partial charge in [-0.25, -0.2) is 4.79 Å². The molecule has 3 amide bonds. The number of hydrogen-bond acceptors (Lipinski definition) is 5. The Labute approximate surface area is 157 Å². The molecule has 8 nitrogen and oxygen atoms in total. The number of piperazine rings is 1. The van der Waals surface area contributed by atoms with Crippen molar-refractivity contribution >= 4 is 29.1 Å². The zero-order valence-electron chi connectivity index (χ0n) is 15.3. The number of carbonyl (C=O) groups excluding carboxylic acids is 2. The lowest BCUT2D eigenvalue weighted by Crippen LogP contribution is -2.50. The van der Waals surface area contributed by atoms with Crippen LogP contribution in [0, 0.1) is 0 Å². The van der Waals surface area contributed by atoms with Crippen molar-refractivity contribution in [1.82, 2.24) is 15.1 Å². The third-order valence-electron chi connectivity index (χ3n) is 5.06. The van der Waals surface area contributed by atoms with Crippen LogP contribution in [0.3, 0.4) is 0 Å². The quantitative estimate of drug-likeness (QED) is 0.876. The molecule has 27 heavy (non-hydrogen) atoms. The van der Waals surface area contributed by atoms with Gasteiger partial charge in [0.05, 0.1) is 0 Å². The Bertz CT molecular complexity index is 849. The fourth-order valence-corrected chi connectivity index (χ4v) is 3.61. The molecule has 140 valence electrons. The Hall–Kier alpha value is -3.16. The number of benzene rings is 1. The van der Waals surface area contributed by atoms with Gasteiger partial charge in [0, 0.05) is 57.2 Å². The molecule has 8 heteroatoms. The average Bonchev–Trinajstić information content (AvgIpc) is 3.12. The summed E-state index contributed by atoms with van der Waals surface area (Å²) in [6.07, 6.45) is 2.47. The van der Waals surface area contributed by atoms with E-state index in [-0.39, 0.29) is 11.9 Å². The van der Waals surface area contributed by atoms with Gasteiger partial charge in [-0.3, -0.25) is 4.79 Å². The predicted octanol–water partition coefficient (Wildman–Crippen LogP) is 1.74. The van der Waals surface area contributed by atoms with Crippen molar-refractivity contribution in [1.29, 1.82) is 0 Å². The van der Waals surface area contributed by atoms with Crippen molar-refractivity contribution in [3.05, 3.63) is 42.1 Å². The van der Waals surface area contributed by atoms with E-state index in [4.69, 9.17) is 0 Å². The van der Waals surface area contributed by atoms with E-state index in [1.807, 2.05) is 35.2 Å². The Balaban J connectivity index is 1.36. The molecule has 0 saturated carbocycles. The van der Waals surface area contributed by atoms with Crippen LogP contribution >= 0.6 is 0 Å². The summed E-state index contributed by atoms with van der Waals surface area (Å²) < 4.78 is 0. The summed E-state index contributed by atoms with van der Waals surface area (Å²) in [6.45, 7) is 4.99. The largest absolute Gasteiger partial charge is 0.352 e. The Morgan fingerprint density at radius 3 is 2.59 bits per heavy atom. The van der Waals surface area contributed by atoms with Crippen LogP contribution in [0.5, 0.6) is 0 Å². The lowest BCUT2D eigenvalue weighted by atomic mass is 10.1. The zero-order chi connectivity index (χ0) is 18.8. The van der Waals surface area contributed by atoms with Gasteiger partial charge in [0.15, 0.2) is 5.82 Å². The van der Waals surface area contributed by atoms with E-state index in [1.165, 1.54) is 0 Å². The summed E-state index contributed by atoms with van der Waals surface area (Å²) in [5.41, 5.74) is 2.80. The molecule has 0 bridgehead atoms. The minimum absolute atomic E-state index is 0.0477. The molecule has 1 N–H and O–H groups in total. The maximum atomic E-state index is 12.6. The monoisotopic (exact) mass is 366 g/mol. The Morgan fingerprint density at radius 2 is 1.89 bits per heavy atom. The lowest BCUT2D eigenvalue weighted by Gasteiger charge is -2.35. The van der Waals surface area contributed by atoms with Crippen LogP contribution in [0.25, 0.3) is 0 Å². The average molecular weight is 366 g/mol. The molecule has 2 aliphatic heterocycles. The third-order valence-corrected chi connectivity index (χ3v) is 5.06. The SMILES string of the molecule is CC(=O)N1CCc2cc(NC(=O)N3CCN(c4cccnn4)CC3)ccc21. The van der Waals surface area contributed by atoms with Crippen LogP contribution in [0.4, 0.5) is 22.0 Å². The lowest BCUT2D eigenvalue weighted by molar-refractivity contribution is -0.116. The second kappa shape index (κ2) is 7.22. The van der Waals surface area contributed by atoms with Gasteiger partial charge < -0.3 is 20.0 Å². The highest BCUT2D eigenvalue weighted by atomic mass is 16.2. The summed E-state index contributed by atoms with van der Waals surface area (Å²) in [7, 11) is 0. The van der Waals surface area contributed by atoms with Gasteiger partial charge in [-0.15, -0.1) is 5.10 Å². The van der Waals surface area contributed by atoms with Gasteiger partial charge in [-0.05, 0) is 42.3 Å². The highest BCUT2D eigenvalue weighted by Crippen LogP contribution is 2.30. The first-order chi connectivity index (χ1) is 13.1. The third kappa shape index (κ3) is 3.55. The van der Waals surface area contributed by atoms with Crippen molar-refractivity contribution in [2.75, 3.05) is 47.8 Å². The number of urea groups is 1. The standard InChI is InChI=1S/C19H22N6O2/c1-14(26)25-8-6-15-13-16(4-5-17(15)25)21-19(27)24-11-9-23(10-12-24)18-3-2-7-20-22-18/h2-5,7,13H,6,8-12H2,1H3,(H,21,27). The molecule has 4 rings (SSSR count). The molecular weight excluding hydrogens is 344 g/mol. The second-order valence-corrected chi connectivity index (χ2v) is 6.75.